The highest BCUT2D eigenvalue weighted by molar-refractivity contribution is 8.26. The number of aromatic nitrogens is 2. The summed E-state index contributed by atoms with van der Waals surface area (Å²) >= 11 is 6.83. The van der Waals surface area contributed by atoms with Crippen LogP contribution in [0.1, 0.15) is 25.8 Å². The summed E-state index contributed by atoms with van der Waals surface area (Å²) in [6.07, 6.45) is 4.70. The van der Waals surface area contributed by atoms with Crippen LogP contribution in [-0.4, -0.2) is 38.1 Å². The number of carbonyl (C=O) groups excluding carboxylic acids is 1. The van der Waals surface area contributed by atoms with E-state index in [-0.39, 0.29) is 11.9 Å². The van der Waals surface area contributed by atoms with E-state index in [9.17, 15) is 4.79 Å². The summed E-state index contributed by atoms with van der Waals surface area (Å²) in [6, 6.07) is 17.7. The molecule has 0 spiro atoms. The number of nitrogens with zero attached hydrogens (tertiary/aromatic N) is 3. The molecule has 1 aliphatic heterocycles. The molecular weight excluding hydrogens is 426 g/mol. The molecule has 1 aromatic heterocycles. The molecule has 0 bridgehead atoms. The Morgan fingerprint density at radius 2 is 1.87 bits per heavy atom. The zero-order chi connectivity index (χ0) is 22.0. The lowest BCUT2D eigenvalue weighted by Gasteiger charge is -2.21. The van der Waals surface area contributed by atoms with Gasteiger partial charge in [0.05, 0.1) is 23.4 Å². The van der Waals surface area contributed by atoms with Gasteiger partial charge in [0.2, 0.25) is 0 Å². The zero-order valence-electron chi connectivity index (χ0n) is 17.6. The first-order chi connectivity index (χ1) is 15.0. The van der Waals surface area contributed by atoms with Crippen molar-refractivity contribution in [2.75, 3.05) is 7.11 Å². The number of hydrogen-bond acceptors (Lipinski definition) is 5. The fraction of sp³-hybridized carbons (Fsp3) is 0.208. The van der Waals surface area contributed by atoms with Crippen molar-refractivity contribution in [3.8, 4) is 22.7 Å². The van der Waals surface area contributed by atoms with Gasteiger partial charge in [-0.15, -0.1) is 0 Å². The van der Waals surface area contributed by atoms with Crippen molar-refractivity contribution in [1.82, 2.24) is 14.7 Å². The summed E-state index contributed by atoms with van der Waals surface area (Å²) in [6.45, 7) is 4.07. The number of para-hydroxylation sites is 1. The van der Waals surface area contributed by atoms with Gasteiger partial charge in [0.15, 0.2) is 0 Å². The molecule has 1 aliphatic rings. The highest BCUT2D eigenvalue weighted by Gasteiger charge is 2.35. The molecule has 2 aromatic carbocycles. The third-order valence-corrected chi connectivity index (χ3v) is 6.60. The summed E-state index contributed by atoms with van der Waals surface area (Å²) in [5.74, 6) is 0.736. The fourth-order valence-corrected chi connectivity index (χ4v) is 4.82. The zero-order valence-corrected chi connectivity index (χ0v) is 19.2. The first-order valence-electron chi connectivity index (χ1n) is 10.1. The van der Waals surface area contributed by atoms with Gasteiger partial charge < -0.3 is 4.74 Å². The predicted octanol–water partition coefficient (Wildman–Crippen LogP) is 5.55. The first kappa shape index (κ1) is 21.3. The monoisotopic (exact) mass is 449 g/mol. The molecule has 7 heteroatoms. The van der Waals surface area contributed by atoms with Gasteiger partial charge >= 0.3 is 0 Å². The number of thioether (sulfide) groups is 1. The molecule has 4 rings (SSSR count). The molecule has 0 unspecified atom stereocenters. The maximum atomic E-state index is 13.0. The minimum atomic E-state index is -0.0440. The lowest BCUT2D eigenvalue weighted by atomic mass is 10.1. The molecular formula is C24H23N3O2S2. The topological polar surface area (TPSA) is 47.4 Å². The molecule has 0 aliphatic carbocycles. The van der Waals surface area contributed by atoms with Gasteiger partial charge in [0.1, 0.15) is 10.1 Å². The van der Waals surface area contributed by atoms with Crippen molar-refractivity contribution in [2.24, 2.45) is 0 Å². The van der Waals surface area contributed by atoms with Gasteiger partial charge in [-0.1, -0.05) is 49.1 Å². The van der Waals surface area contributed by atoms with Crippen molar-refractivity contribution in [1.29, 1.82) is 0 Å². The van der Waals surface area contributed by atoms with Crippen LogP contribution in [0.5, 0.6) is 5.75 Å². The van der Waals surface area contributed by atoms with Crippen molar-refractivity contribution in [3.63, 3.8) is 0 Å². The second kappa shape index (κ2) is 9.08. The lowest BCUT2D eigenvalue weighted by molar-refractivity contribution is -0.123. The van der Waals surface area contributed by atoms with Gasteiger partial charge in [-0.05, 0) is 55.8 Å². The number of methoxy groups -OCH3 is 1. The quantitative estimate of drug-likeness (QED) is 0.365. The third kappa shape index (κ3) is 4.29. The van der Waals surface area contributed by atoms with Gasteiger partial charge in [-0.3, -0.25) is 9.69 Å². The number of hydrogen-bond donors (Lipinski definition) is 0. The van der Waals surface area contributed by atoms with Crippen LogP contribution in [0.25, 0.3) is 23.0 Å². The third-order valence-electron chi connectivity index (χ3n) is 5.27. The van der Waals surface area contributed by atoms with E-state index >= 15 is 0 Å². The maximum absolute atomic E-state index is 13.0. The minimum absolute atomic E-state index is 0.0440. The van der Waals surface area contributed by atoms with Crippen LogP contribution in [0.3, 0.4) is 0 Å². The Labute approximate surface area is 191 Å². The van der Waals surface area contributed by atoms with E-state index in [0.29, 0.717) is 9.23 Å². The van der Waals surface area contributed by atoms with Crippen LogP contribution >= 0.6 is 24.0 Å². The second-order valence-corrected chi connectivity index (χ2v) is 8.93. The Balaban J connectivity index is 1.79. The summed E-state index contributed by atoms with van der Waals surface area (Å²) in [5.41, 5.74) is 3.54. The molecule has 1 atom stereocenters. The van der Waals surface area contributed by atoms with E-state index in [2.05, 4.69) is 6.92 Å². The Hall–Kier alpha value is -2.90. The molecule has 5 nitrogen and oxygen atoms in total. The Bertz CT molecular complexity index is 1140. The van der Waals surface area contributed by atoms with Crippen LogP contribution in [-0.2, 0) is 4.79 Å². The fourth-order valence-electron chi connectivity index (χ4n) is 3.36. The van der Waals surface area contributed by atoms with Crippen LogP contribution < -0.4 is 4.74 Å². The van der Waals surface area contributed by atoms with Crippen molar-refractivity contribution >= 4 is 40.3 Å². The van der Waals surface area contributed by atoms with E-state index in [0.717, 1.165) is 34.7 Å². The number of amides is 1. The highest BCUT2D eigenvalue weighted by atomic mass is 32.2. The number of carbonyl (C=O) groups is 1. The summed E-state index contributed by atoms with van der Waals surface area (Å²) < 4.78 is 7.72. The van der Waals surface area contributed by atoms with Crippen LogP contribution in [0.2, 0.25) is 0 Å². The summed E-state index contributed by atoms with van der Waals surface area (Å²) in [7, 11) is 1.64. The summed E-state index contributed by atoms with van der Waals surface area (Å²) in [4.78, 5) is 15.4. The van der Waals surface area contributed by atoms with Gasteiger partial charge in [-0.25, -0.2) is 4.68 Å². The van der Waals surface area contributed by atoms with Crippen molar-refractivity contribution < 1.29 is 9.53 Å². The van der Waals surface area contributed by atoms with E-state index < -0.39 is 0 Å². The molecule has 158 valence electrons. The largest absolute Gasteiger partial charge is 0.497 e. The Kier molecular flexibility index (Phi) is 6.25. The first-order valence-corrected chi connectivity index (χ1v) is 11.3. The predicted molar refractivity (Wildman–Crippen MR) is 130 cm³/mol. The second-order valence-electron chi connectivity index (χ2n) is 7.25. The molecule has 1 fully saturated rings. The standard InChI is InChI=1S/C24H23N3O2S2/c1-4-16(2)27-23(28)21(31-24(27)30)14-18-15-26(19-8-6-5-7-9-19)25-22(18)17-10-12-20(29-3)13-11-17/h5-16H,4H2,1-3H3/b21-14-/t16-/m1/s1. The molecule has 0 saturated carbocycles. The molecule has 0 radical (unpaired) electrons. The molecule has 1 amide bonds. The van der Waals surface area contributed by atoms with E-state index in [1.54, 1.807) is 12.0 Å². The van der Waals surface area contributed by atoms with Crippen molar-refractivity contribution in [2.45, 2.75) is 26.3 Å². The van der Waals surface area contributed by atoms with E-state index in [4.69, 9.17) is 22.1 Å². The Morgan fingerprint density at radius 1 is 1.16 bits per heavy atom. The molecule has 1 saturated heterocycles. The average molecular weight is 450 g/mol. The molecule has 2 heterocycles. The SMILES string of the molecule is CC[C@@H](C)N1C(=O)/C(=C/c2cn(-c3ccccc3)nc2-c2ccc(OC)cc2)SC1=S. The number of ether oxygens (including phenoxy) is 1. The van der Waals surface area contributed by atoms with Crippen molar-refractivity contribution in [3.05, 3.63) is 71.3 Å². The van der Waals surface area contributed by atoms with Crippen LogP contribution in [0.4, 0.5) is 0 Å². The number of benzene rings is 2. The van der Waals surface area contributed by atoms with Crippen LogP contribution in [0, 0.1) is 0 Å². The normalized spacial score (nSPS) is 16.2. The van der Waals surface area contributed by atoms with E-state index in [1.807, 2.05) is 78.5 Å². The van der Waals surface area contributed by atoms with Gasteiger partial charge in [0, 0.05) is 23.4 Å². The van der Waals surface area contributed by atoms with Crippen LogP contribution in [0.15, 0.2) is 65.7 Å². The number of rotatable bonds is 6. The average Bonchev–Trinajstić information content (AvgIpc) is 3.34. The minimum Gasteiger partial charge on any atom is -0.497 e. The molecule has 3 aromatic rings. The molecule has 31 heavy (non-hydrogen) atoms. The molecule has 0 N–H and O–H groups in total. The Morgan fingerprint density at radius 3 is 2.52 bits per heavy atom. The lowest BCUT2D eigenvalue weighted by Crippen LogP contribution is -2.36. The highest BCUT2D eigenvalue weighted by Crippen LogP contribution is 2.36. The number of thiocarbonyl (C=S) groups is 1. The maximum Gasteiger partial charge on any atom is 0.266 e. The smallest absolute Gasteiger partial charge is 0.266 e. The van der Waals surface area contributed by atoms with Gasteiger partial charge in [-0.2, -0.15) is 5.10 Å². The summed E-state index contributed by atoms with van der Waals surface area (Å²) in [5, 5.41) is 4.83. The van der Waals surface area contributed by atoms with E-state index in [1.165, 1.54) is 11.8 Å². The van der Waals surface area contributed by atoms with Gasteiger partial charge in [0.25, 0.3) is 5.91 Å².